The maximum absolute atomic E-state index is 13.1. The van der Waals surface area contributed by atoms with E-state index >= 15 is 0 Å². The van der Waals surface area contributed by atoms with E-state index in [2.05, 4.69) is 10.0 Å². The Morgan fingerprint density at radius 1 is 1.42 bits per heavy atom. The Balaban J connectivity index is 2.50. The number of carbonyl (C=O) groups excluding carboxylic acids is 1. The molecule has 146 valence electrons. The Hall–Kier alpha value is -1.84. The highest BCUT2D eigenvalue weighted by atomic mass is 32.2. The zero-order chi connectivity index (χ0) is 19.5. The van der Waals surface area contributed by atoms with Crippen molar-refractivity contribution in [1.82, 2.24) is 10.2 Å². The fraction of sp³-hybridized carbons (Fsp3) is 0.588. The van der Waals surface area contributed by atoms with E-state index in [4.69, 9.17) is 4.74 Å². The third-order valence-corrected chi connectivity index (χ3v) is 4.98. The number of rotatable bonds is 6. The predicted octanol–water partition coefficient (Wildman–Crippen LogP) is 0.498. The summed E-state index contributed by atoms with van der Waals surface area (Å²) in [6.07, 6.45) is 0.876. The van der Waals surface area contributed by atoms with Gasteiger partial charge in [-0.05, 0) is 32.2 Å². The second kappa shape index (κ2) is 8.24. The van der Waals surface area contributed by atoms with E-state index in [0.717, 1.165) is 6.26 Å². The van der Waals surface area contributed by atoms with E-state index in [0.29, 0.717) is 24.5 Å². The van der Waals surface area contributed by atoms with Gasteiger partial charge in [-0.25, -0.2) is 8.42 Å². The molecule has 3 N–H and O–H groups in total. The first kappa shape index (κ1) is 20.5. The van der Waals surface area contributed by atoms with Crippen molar-refractivity contribution in [3.05, 3.63) is 23.8 Å². The maximum Gasteiger partial charge on any atom is 0.258 e. The van der Waals surface area contributed by atoms with E-state index in [9.17, 15) is 18.3 Å². The van der Waals surface area contributed by atoms with Gasteiger partial charge in [0.25, 0.3) is 5.91 Å². The predicted molar refractivity (Wildman–Crippen MR) is 100.0 cm³/mol. The molecule has 1 heterocycles. The lowest BCUT2D eigenvalue weighted by atomic mass is 9.99. The molecule has 8 nitrogen and oxygen atoms in total. The van der Waals surface area contributed by atoms with Gasteiger partial charge in [0.05, 0.1) is 24.5 Å². The minimum atomic E-state index is -3.47. The molecule has 2 rings (SSSR count). The van der Waals surface area contributed by atoms with Crippen LogP contribution in [0.2, 0.25) is 0 Å². The quantitative estimate of drug-likeness (QED) is 0.658. The Kier molecular flexibility index (Phi) is 6.48. The van der Waals surface area contributed by atoms with Gasteiger partial charge < -0.3 is 20.1 Å². The molecule has 0 bridgehead atoms. The third kappa shape index (κ3) is 4.87. The van der Waals surface area contributed by atoms with E-state index in [1.54, 1.807) is 24.0 Å². The molecule has 0 spiro atoms. The Morgan fingerprint density at radius 2 is 2.12 bits per heavy atom. The van der Waals surface area contributed by atoms with Gasteiger partial charge in [0.1, 0.15) is 11.9 Å². The first-order chi connectivity index (χ1) is 12.2. The SMILES string of the molecule is CNC[C@H]1Oc2ccc(NS(C)(=O)=O)cc2C(=O)N([C@H](C)CO)C[C@@H]1C. The number of hydrogen-bond donors (Lipinski definition) is 3. The van der Waals surface area contributed by atoms with Crippen LogP contribution >= 0.6 is 0 Å². The fourth-order valence-corrected chi connectivity index (χ4v) is 3.50. The number of carbonyl (C=O) groups is 1. The van der Waals surface area contributed by atoms with E-state index in [1.165, 1.54) is 6.07 Å². The molecule has 3 atom stereocenters. The van der Waals surface area contributed by atoms with Gasteiger partial charge >= 0.3 is 0 Å². The monoisotopic (exact) mass is 385 g/mol. The highest BCUT2D eigenvalue weighted by Gasteiger charge is 2.32. The lowest BCUT2D eigenvalue weighted by molar-refractivity contribution is 0.0416. The third-order valence-electron chi connectivity index (χ3n) is 4.37. The first-order valence-electron chi connectivity index (χ1n) is 8.51. The second-order valence-corrected chi connectivity index (χ2v) is 8.51. The minimum absolute atomic E-state index is 0.0439. The number of anilines is 1. The van der Waals surface area contributed by atoms with Crippen LogP contribution < -0.4 is 14.8 Å². The number of nitrogens with zero attached hydrogens (tertiary/aromatic N) is 1. The number of aliphatic hydroxyl groups is 1. The smallest absolute Gasteiger partial charge is 0.258 e. The van der Waals surface area contributed by atoms with Gasteiger partial charge in [-0.3, -0.25) is 9.52 Å². The molecule has 0 saturated carbocycles. The first-order valence-corrected chi connectivity index (χ1v) is 10.4. The summed E-state index contributed by atoms with van der Waals surface area (Å²) in [4.78, 5) is 14.7. The maximum atomic E-state index is 13.1. The highest BCUT2D eigenvalue weighted by molar-refractivity contribution is 7.92. The number of ether oxygens (including phenoxy) is 1. The Labute approximate surface area is 154 Å². The molecule has 9 heteroatoms. The van der Waals surface area contributed by atoms with Gasteiger partial charge in [0, 0.05) is 24.7 Å². The number of sulfonamides is 1. The van der Waals surface area contributed by atoms with E-state index < -0.39 is 10.0 Å². The number of benzene rings is 1. The molecule has 1 amide bonds. The van der Waals surface area contributed by atoms with Crippen LogP contribution in [0, 0.1) is 5.92 Å². The number of likely N-dealkylation sites (N-methyl/N-ethyl adjacent to an activating group) is 1. The topological polar surface area (TPSA) is 108 Å². The van der Waals surface area contributed by atoms with Gasteiger partial charge in [-0.1, -0.05) is 6.92 Å². The summed E-state index contributed by atoms with van der Waals surface area (Å²) >= 11 is 0. The van der Waals surface area contributed by atoms with Crippen LogP contribution in [0.4, 0.5) is 5.69 Å². The molecule has 0 unspecified atom stereocenters. The van der Waals surface area contributed by atoms with Gasteiger partial charge in [0.2, 0.25) is 10.0 Å². The van der Waals surface area contributed by atoms with Crippen LogP contribution in [-0.2, 0) is 10.0 Å². The number of hydrogen-bond acceptors (Lipinski definition) is 6. The van der Waals surface area contributed by atoms with Crippen molar-refractivity contribution in [2.24, 2.45) is 5.92 Å². The molecule has 0 radical (unpaired) electrons. The Morgan fingerprint density at radius 3 is 2.69 bits per heavy atom. The molecular formula is C17H27N3O5S. The minimum Gasteiger partial charge on any atom is -0.488 e. The van der Waals surface area contributed by atoms with Crippen LogP contribution in [0.15, 0.2) is 18.2 Å². The summed E-state index contributed by atoms with van der Waals surface area (Å²) in [5.41, 5.74) is 0.561. The van der Waals surface area contributed by atoms with Gasteiger partial charge in [-0.2, -0.15) is 0 Å². The number of nitrogens with one attached hydrogen (secondary N) is 2. The molecule has 0 fully saturated rings. The molecule has 0 aromatic heterocycles. The summed E-state index contributed by atoms with van der Waals surface area (Å²) in [6, 6.07) is 4.28. The molecule has 0 aliphatic carbocycles. The fourth-order valence-electron chi connectivity index (χ4n) is 2.94. The molecule has 1 aliphatic heterocycles. The van der Waals surface area contributed by atoms with E-state index in [-0.39, 0.29) is 36.1 Å². The molecule has 1 aliphatic rings. The summed E-state index contributed by atoms with van der Waals surface area (Å²) in [5.74, 6) is 0.145. The van der Waals surface area contributed by atoms with Crippen molar-refractivity contribution in [1.29, 1.82) is 0 Å². The van der Waals surface area contributed by atoms with E-state index in [1.807, 2.05) is 14.0 Å². The van der Waals surface area contributed by atoms with Crippen LogP contribution in [0.1, 0.15) is 24.2 Å². The second-order valence-electron chi connectivity index (χ2n) is 6.77. The van der Waals surface area contributed by atoms with Crippen molar-refractivity contribution in [3.63, 3.8) is 0 Å². The lowest BCUT2D eigenvalue weighted by Gasteiger charge is -2.37. The van der Waals surface area contributed by atoms with Gasteiger partial charge in [0.15, 0.2) is 0 Å². The molecule has 0 saturated heterocycles. The number of amides is 1. The Bertz CT molecular complexity index is 753. The van der Waals surface area contributed by atoms with Crippen molar-refractivity contribution in [2.75, 3.05) is 37.7 Å². The average Bonchev–Trinajstić information content (AvgIpc) is 2.56. The molecule has 1 aromatic carbocycles. The van der Waals surface area contributed by atoms with Crippen LogP contribution in [0.3, 0.4) is 0 Å². The summed E-state index contributed by atoms with van der Waals surface area (Å²) in [7, 11) is -1.64. The zero-order valence-electron chi connectivity index (χ0n) is 15.5. The number of fused-ring (bicyclic) bond motifs is 1. The largest absolute Gasteiger partial charge is 0.488 e. The van der Waals surface area contributed by atoms with Crippen LogP contribution in [0.5, 0.6) is 5.75 Å². The summed E-state index contributed by atoms with van der Waals surface area (Å²) < 4.78 is 31.4. The zero-order valence-corrected chi connectivity index (χ0v) is 16.3. The van der Waals surface area contributed by atoms with Crippen LogP contribution in [0.25, 0.3) is 0 Å². The van der Waals surface area contributed by atoms with Crippen LogP contribution in [-0.4, -0.2) is 69.5 Å². The number of aliphatic hydroxyl groups excluding tert-OH is 1. The molecule has 26 heavy (non-hydrogen) atoms. The standard InChI is InChI=1S/C17H27N3O5S/c1-11-9-20(12(2)10-21)17(22)14-7-13(19-26(4,23)24)5-6-15(14)25-16(11)8-18-3/h5-7,11-12,16,18-19,21H,8-10H2,1-4H3/t11-,12+,16+/m0/s1. The molecule has 1 aromatic rings. The molecular weight excluding hydrogens is 358 g/mol. The average molecular weight is 385 g/mol. The van der Waals surface area contributed by atoms with Crippen molar-refractivity contribution in [2.45, 2.75) is 26.0 Å². The lowest BCUT2D eigenvalue weighted by Crippen LogP contribution is -2.49. The van der Waals surface area contributed by atoms with Crippen molar-refractivity contribution >= 4 is 21.6 Å². The summed E-state index contributed by atoms with van der Waals surface area (Å²) in [5, 5.41) is 12.6. The van der Waals surface area contributed by atoms with Crippen molar-refractivity contribution < 1.29 is 23.1 Å². The highest BCUT2D eigenvalue weighted by Crippen LogP contribution is 2.30. The van der Waals surface area contributed by atoms with Gasteiger partial charge in [-0.15, -0.1) is 0 Å². The van der Waals surface area contributed by atoms with Crippen molar-refractivity contribution in [3.8, 4) is 5.75 Å². The normalized spacial score (nSPS) is 22.0. The summed E-state index contributed by atoms with van der Waals surface area (Å²) in [6.45, 7) is 4.64.